The van der Waals surface area contributed by atoms with E-state index in [1.165, 1.54) is 12.1 Å². The van der Waals surface area contributed by atoms with Crippen LogP contribution in [0.4, 0.5) is 10.1 Å². The average molecular weight is 298 g/mol. The van der Waals surface area contributed by atoms with Crippen molar-refractivity contribution in [2.24, 2.45) is 0 Å². The van der Waals surface area contributed by atoms with Crippen molar-refractivity contribution < 1.29 is 4.39 Å². The number of nitrogens with zero attached hydrogens (tertiary/aromatic N) is 1. The first-order valence-corrected chi connectivity index (χ1v) is 7.59. The Labute approximate surface area is 127 Å². The summed E-state index contributed by atoms with van der Waals surface area (Å²) in [6.07, 6.45) is 0. The smallest absolute Gasteiger partial charge is 0.123 e. The van der Waals surface area contributed by atoms with E-state index in [4.69, 9.17) is 0 Å². The number of rotatable bonds is 4. The summed E-state index contributed by atoms with van der Waals surface area (Å²) in [4.78, 5) is 4.50. The van der Waals surface area contributed by atoms with Crippen LogP contribution in [0.1, 0.15) is 10.6 Å². The highest BCUT2D eigenvalue weighted by atomic mass is 32.1. The fraction of sp³-hybridized carbons (Fsp3) is 0.118. The zero-order chi connectivity index (χ0) is 14.7. The molecule has 2 nitrogen and oxygen atoms in total. The molecule has 0 spiro atoms. The van der Waals surface area contributed by atoms with Crippen LogP contribution < -0.4 is 5.32 Å². The molecule has 3 aromatic rings. The number of thiazole rings is 1. The van der Waals surface area contributed by atoms with E-state index >= 15 is 0 Å². The lowest BCUT2D eigenvalue weighted by molar-refractivity contribution is 0.627. The Kier molecular flexibility index (Phi) is 3.97. The minimum absolute atomic E-state index is 0.209. The van der Waals surface area contributed by atoms with Crippen LogP contribution in [0, 0.1) is 12.7 Å². The van der Waals surface area contributed by atoms with Crippen molar-refractivity contribution in [3.05, 3.63) is 70.3 Å². The molecule has 0 amide bonds. The van der Waals surface area contributed by atoms with Crippen molar-refractivity contribution in [3.8, 4) is 11.3 Å². The maximum Gasteiger partial charge on any atom is 0.123 e. The lowest BCUT2D eigenvalue weighted by Crippen LogP contribution is -1.99. The zero-order valence-corrected chi connectivity index (χ0v) is 12.5. The van der Waals surface area contributed by atoms with Gasteiger partial charge in [0.1, 0.15) is 5.82 Å². The molecule has 4 heteroatoms. The number of benzene rings is 2. The lowest BCUT2D eigenvalue weighted by atomic mass is 10.1. The van der Waals surface area contributed by atoms with Gasteiger partial charge in [0.05, 0.1) is 10.7 Å². The molecule has 0 aliphatic heterocycles. The van der Waals surface area contributed by atoms with Gasteiger partial charge in [0, 0.05) is 23.2 Å². The summed E-state index contributed by atoms with van der Waals surface area (Å²) in [7, 11) is 0. The van der Waals surface area contributed by atoms with Gasteiger partial charge < -0.3 is 5.32 Å². The zero-order valence-electron chi connectivity index (χ0n) is 11.6. The standard InChI is InChI=1S/C17H15FN2S/c1-12-20-17(11-21-12)14-3-2-4-16(9-14)19-10-13-5-7-15(18)8-6-13/h2-9,11,19H,10H2,1H3. The van der Waals surface area contributed by atoms with E-state index in [1.54, 1.807) is 23.5 Å². The summed E-state index contributed by atoms with van der Waals surface area (Å²) in [5, 5.41) is 6.48. The Morgan fingerprint density at radius 1 is 1.14 bits per heavy atom. The largest absolute Gasteiger partial charge is 0.381 e. The maximum absolute atomic E-state index is 12.9. The summed E-state index contributed by atoms with van der Waals surface area (Å²) in [5.74, 6) is -0.209. The van der Waals surface area contributed by atoms with Crippen molar-refractivity contribution in [2.75, 3.05) is 5.32 Å². The van der Waals surface area contributed by atoms with Crippen molar-refractivity contribution in [1.82, 2.24) is 4.98 Å². The Morgan fingerprint density at radius 2 is 1.95 bits per heavy atom. The van der Waals surface area contributed by atoms with E-state index in [2.05, 4.69) is 27.8 Å². The third kappa shape index (κ3) is 3.47. The van der Waals surface area contributed by atoms with Gasteiger partial charge in [-0.25, -0.2) is 9.37 Å². The summed E-state index contributed by atoms with van der Waals surface area (Å²) in [5.41, 5.74) is 4.18. The predicted molar refractivity (Wildman–Crippen MR) is 86.0 cm³/mol. The summed E-state index contributed by atoms with van der Waals surface area (Å²) in [6, 6.07) is 14.7. The molecule has 0 fully saturated rings. The first kappa shape index (κ1) is 13.8. The van der Waals surface area contributed by atoms with Gasteiger partial charge in [-0.2, -0.15) is 0 Å². The van der Waals surface area contributed by atoms with Crippen molar-refractivity contribution >= 4 is 17.0 Å². The quantitative estimate of drug-likeness (QED) is 0.743. The van der Waals surface area contributed by atoms with Crippen LogP contribution in [-0.4, -0.2) is 4.98 Å². The van der Waals surface area contributed by atoms with E-state index in [9.17, 15) is 4.39 Å². The molecule has 2 aromatic carbocycles. The second kappa shape index (κ2) is 6.06. The van der Waals surface area contributed by atoms with Crippen LogP contribution in [0.3, 0.4) is 0 Å². The highest BCUT2D eigenvalue weighted by molar-refractivity contribution is 7.09. The minimum Gasteiger partial charge on any atom is -0.381 e. The average Bonchev–Trinajstić information content (AvgIpc) is 2.94. The SMILES string of the molecule is Cc1nc(-c2cccc(NCc3ccc(F)cc3)c2)cs1. The molecule has 0 saturated carbocycles. The minimum atomic E-state index is -0.209. The van der Waals surface area contributed by atoms with Gasteiger partial charge in [-0.1, -0.05) is 24.3 Å². The van der Waals surface area contributed by atoms with Crippen molar-refractivity contribution in [1.29, 1.82) is 0 Å². The van der Waals surface area contributed by atoms with E-state index in [0.29, 0.717) is 6.54 Å². The molecule has 1 heterocycles. The lowest BCUT2D eigenvalue weighted by Gasteiger charge is -2.08. The van der Waals surface area contributed by atoms with Gasteiger partial charge in [0.2, 0.25) is 0 Å². The van der Waals surface area contributed by atoms with Crippen LogP contribution >= 0.6 is 11.3 Å². The topological polar surface area (TPSA) is 24.9 Å². The van der Waals surface area contributed by atoms with Crippen LogP contribution in [-0.2, 0) is 6.54 Å². The number of halogens is 1. The van der Waals surface area contributed by atoms with Gasteiger partial charge in [-0.05, 0) is 36.8 Å². The number of hydrogen-bond acceptors (Lipinski definition) is 3. The normalized spacial score (nSPS) is 10.6. The van der Waals surface area contributed by atoms with Crippen molar-refractivity contribution in [3.63, 3.8) is 0 Å². The van der Waals surface area contributed by atoms with Crippen LogP contribution in [0.15, 0.2) is 53.9 Å². The molecule has 21 heavy (non-hydrogen) atoms. The molecule has 3 rings (SSSR count). The van der Waals surface area contributed by atoms with Crippen LogP contribution in [0.5, 0.6) is 0 Å². The molecular formula is C17H15FN2S. The van der Waals surface area contributed by atoms with E-state index in [0.717, 1.165) is 27.5 Å². The van der Waals surface area contributed by atoms with Gasteiger partial charge in [0.15, 0.2) is 0 Å². The van der Waals surface area contributed by atoms with Crippen molar-refractivity contribution in [2.45, 2.75) is 13.5 Å². The number of hydrogen-bond donors (Lipinski definition) is 1. The summed E-state index contributed by atoms with van der Waals surface area (Å²) >= 11 is 1.65. The molecule has 0 bridgehead atoms. The molecular weight excluding hydrogens is 283 g/mol. The van der Waals surface area contributed by atoms with Gasteiger partial charge in [0.25, 0.3) is 0 Å². The van der Waals surface area contributed by atoms with Gasteiger partial charge in [-0.15, -0.1) is 11.3 Å². The third-order valence-electron chi connectivity index (χ3n) is 3.19. The number of anilines is 1. The third-order valence-corrected chi connectivity index (χ3v) is 3.96. The Hall–Kier alpha value is -2.20. The van der Waals surface area contributed by atoms with Crippen LogP contribution in [0.25, 0.3) is 11.3 Å². The Balaban J connectivity index is 1.73. The molecule has 1 aromatic heterocycles. The monoisotopic (exact) mass is 298 g/mol. The van der Waals surface area contributed by atoms with Gasteiger partial charge in [-0.3, -0.25) is 0 Å². The molecule has 0 atom stereocenters. The second-order valence-electron chi connectivity index (χ2n) is 4.81. The molecule has 0 aliphatic carbocycles. The maximum atomic E-state index is 12.9. The molecule has 1 N–H and O–H groups in total. The summed E-state index contributed by atoms with van der Waals surface area (Å²) in [6.45, 7) is 2.67. The highest BCUT2D eigenvalue weighted by Crippen LogP contribution is 2.24. The van der Waals surface area contributed by atoms with Crippen LogP contribution in [0.2, 0.25) is 0 Å². The van der Waals surface area contributed by atoms with Gasteiger partial charge >= 0.3 is 0 Å². The van der Waals surface area contributed by atoms with E-state index in [1.807, 2.05) is 19.1 Å². The number of aryl methyl sites for hydroxylation is 1. The highest BCUT2D eigenvalue weighted by Gasteiger charge is 2.03. The van der Waals surface area contributed by atoms with E-state index in [-0.39, 0.29) is 5.82 Å². The molecule has 106 valence electrons. The predicted octanol–water partition coefficient (Wildman–Crippen LogP) is 4.87. The second-order valence-corrected chi connectivity index (χ2v) is 5.87. The molecule has 0 unspecified atom stereocenters. The fourth-order valence-corrected chi connectivity index (χ4v) is 2.71. The molecule has 0 radical (unpaired) electrons. The molecule has 0 saturated heterocycles. The Bertz CT molecular complexity index is 735. The number of nitrogens with one attached hydrogen (secondary N) is 1. The Morgan fingerprint density at radius 3 is 2.67 bits per heavy atom. The van der Waals surface area contributed by atoms with E-state index < -0.39 is 0 Å². The first-order chi connectivity index (χ1) is 10.2. The first-order valence-electron chi connectivity index (χ1n) is 6.71. The summed E-state index contributed by atoms with van der Waals surface area (Å²) < 4.78 is 12.9. The fourth-order valence-electron chi connectivity index (χ4n) is 2.09. The molecule has 0 aliphatic rings. The number of aromatic nitrogens is 1.